The smallest absolute Gasteiger partial charge is 0.297 e. The van der Waals surface area contributed by atoms with E-state index in [1.54, 1.807) is 38.1 Å². The van der Waals surface area contributed by atoms with Gasteiger partial charge in [-0.05, 0) is 38.1 Å². The molecule has 1 aliphatic heterocycles. The van der Waals surface area contributed by atoms with Crippen molar-refractivity contribution in [2.24, 2.45) is 0 Å². The van der Waals surface area contributed by atoms with E-state index in [1.165, 1.54) is 24.3 Å². The predicted octanol–water partition coefficient (Wildman–Crippen LogP) is 0.861. The first-order valence-electron chi connectivity index (χ1n) is 8.97. The second kappa shape index (κ2) is 8.71. The maximum absolute atomic E-state index is 12.6. The minimum absolute atomic E-state index is 0.193. The average molecular weight is 459 g/mol. The highest BCUT2D eigenvalue weighted by Crippen LogP contribution is 2.28. The summed E-state index contributed by atoms with van der Waals surface area (Å²) in [6.07, 6.45) is -6.95. The normalized spacial score (nSPS) is 25.2. The van der Waals surface area contributed by atoms with Crippen molar-refractivity contribution >= 4 is 20.2 Å². The van der Waals surface area contributed by atoms with Gasteiger partial charge < -0.3 is 14.9 Å². The Morgan fingerprint density at radius 2 is 1.17 bits per heavy atom. The molecule has 1 aliphatic rings. The minimum Gasteiger partial charge on any atom is -0.388 e. The van der Waals surface area contributed by atoms with Crippen LogP contribution in [0.3, 0.4) is 0 Å². The molecule has 0 radical (unpaired) electrons. The Balaban J connectivity index is 1.89. The maximum Gasteiger partial charge on any atom is 0.297 e. The van der Waals surface area contributed by atoms with E-state index in [4.69, 9.17) is 13.1 Å². The van der Waals surface area contributed by atoms with Gasteiger partial charge in [0, 0.05) is 0 Å². The van der Waals surface area contributed by atoms with Gasteiger partial charge in [0.05, 0.1) is 16.4 Å². The van der Waals surface area contributed by atoms with Crippen LogP contribution in [0.2, 0.25) is 0 Å². The molecule has 30 heavy (non-hydrogen) atoms. The number of aryl methyl sites for hydroxylation is 2. The summed E-state index contributed by atoms with van der Waals surface area (Å²) in [5, 5.41) is 20.3. The number of rotatable bonds is 6. The summed E-state index contributed by atoms with van der Waals surface area (Å²) in [4.78, 5) is -0.401. The Bertz CT molecular complexity index is 988. The lowest BCUT2D eigenvalue weighted by Gasteiger charge is -2.36. The molecule has 0 saturated carbocycles. The zero-order valence-electron chi connectivity index (χ0n) is 16.2. The molecule has 2 aromatic rings. The molecule has 1 fully saturated rings. The maximum atomic E-state index is 12.6. The average Bonchev–Trinajstić information content (AvgIpc) is 2.68. The van der Waals surface area contributed by atoms with Crippen LogP contribution in [0.1, 0.15) is 11.1 Å². The molecule has 4 atom stereocenters. The van der Waals surface area contributed by atoms with Crippen molar-refractivity contribution in [3.63, 3.8) is 0 Å². The van der Waals surface area contributed by atoms with Crippen LogP contribution in [0, 0.1) is 13.8 Å². The first-order valence-corrected chi connectivity index (χ1v) is 11.8. The molecule has 0 amide bonds. The second-order valence-electron chi connectivity index (χ2n) is 6.95. The number of ether oxygens (including phenoxy) is 1. The van der Waals surface area contributed by atoms with Crippen LogP contribution in [0.25, 0.3) is 0 Å². The molecule has 0 bridgehead atoms. The molecule has 0 unspecified atom stereocenters. The molecule has 11 heteroatoms. The number of aliphatic hydroxyl groups excluding tert-OH is 2. The zero-order valence-corrected chi connectivity index (χ0v) is 17.8. The Morgan fingerprint density at radius 3 is 1.60 bits per heavy atom. The number of hydrogen-bond acceptors (Lipinski definition) is 9. The summed E-state index contributed by atoms with van der Waals surface area (Å²) in [7, 11) is -8.81. The molecule has 0 aliphatic carbocycles. The van der Waals surface area contributed by atoms with Gasteiger partial charge in [0.1, 0.15) is 12.2 Å². The predicted molar refractivity (Wildman–Crippen MR) is 104 cm³/mol. The summed E-state index contributed by atoms with van der Waals surface area (Å²) in [6.45, 7) is 3.07. The highest BCUT2D eigenvalue weighted by atomic mass is 32.2. The third kappa shape index (κ3) is 5.06. The van der Waals surface area contributed by atoms with Crippen molar-refractivity contribution in [2.45, 2.75) is 48.2 Å². The van der Waals surface area contributed by atoms with Crippen molar-refractivity contribution in [3.05, 3.63) is 59.7 Å². The van der Waals surface area contributed by atoms with Gasteiger partial charge in [-0.1, -0.05) is 35.4 Å². The van der Waals surface area contributed by atoms with E-state index in [0.29, 0.717) is 0 Å². The fourth-order valence-corrected chi connectivity index (χ4v) is 4.99. The van der Waals surface area contributed by atoms with E-state index in [2.05, 4.69) is 0 Å². The first-order chi connectivity index (χ1) is 14.0. The van der Waals surface area contributed by atoms with Crippen LogP contribution in [-0.2, 0) is 33.3 Å². The van der Waals surface area contributed by atoms with Gasteiger partial charge in [0.25, 0.3) is 20.2 Å². The Morgan fingerprint density at radius 1 is 0.767 bits per heavy atom. The highest BCUT2D eigenvalue weighted by Gasteiger charge is 2.46. The minimum atomic E-state index is -4.42. The zero-order chi connectivity index (χ0) is 22.1. The van der Waals surface area contributed by atoms with Gasteiger partial charge in [0.15, 0.2) is 12.4 Å². The summed E-state index contributed by atoms with van der Waals surface area (Å²) >= 11 is 0. The molecule has 3 rings (SSSR count). The van der Waals surface area contributed by atoms with Crippen LogP contribution >= 0.6 is 0 Å². The van der Waals surface area contributed by atoms with E-state index in [9.17, 15) is 27.0 Å². The van der Waals surface area contributed by atoms with Gasteiger partial charge in [-0.2, -0.15) is 16.8 Å². The molecule has 2 aromatic carbocycles. The van der Waals surface area contributed by atoms with Crippen molar-refractivity contribution in [3.8, 4) is 0 Å². The monoisotopic (exact) mass is 458 g/mol. The van der Waals surface area contributed by atoms with E-state index < -0.39 is 51.4 Å². The van der Waals surface area contributed by atoms with Crippen molar-refractivity contribution in [1.82, 2.24) is 0 Å². The molecule has 1 saturated heterocycles. The summed E-state index contributed by atoms with van der Waals surface area (Å²) in [5.41, 5.74) is 1.64. The fraction of sp³-hybridized carbons (Fsp3) is 0.368. The largest absolute Gasteiger partial charge is 0.388 e. The van der Waals surface area contributed by atoms with E-state index in [-0.39, 0.29) is 9.79 Å². The molecule has 164 valence electrons. The van der Waals surface area contributed by atoms with Gasteiger partial charge in [-0.3, -0.25) is 8.37 Å². The lowest BCUT2D eigenvalue weighted by molar-refractivity contribution is -0.238. The van der Waals surface area contributed by atoms with E-state index in [0.717, 1.165) is 11.1 Å². The van der Waals surface area contributed by atoms with Crippen LogP contribution in [0.4, 0.5) is 0 Å². The number of hydrogen-bond donors (Lipinski definition) is 2. The van der Waals surface area contributed by atoms with Crippen LogP contribution in [-0.4, -0.2) is 58.3 Å². The van der Waals surface area contributed by atoms with Crippen molar-refractivity contribution in [1.29, 1.82) is 0 Å². The molecular weight excluding hydrogens is 436 g/mol. The third-order valence-electron chi connectivity index (χ3n) is 4.52. The molecule has 2 N–H and O–H groups in total. The Kier molecular flexibility index (Phi) is 6.63. The summed E-state index contributed by atoms with van der Waals surface area (Å²) in [6, 6.07) is 11.4. The van der Waals surface area contributed by atoms with Gasteiger partial charge >= 0.3 is 0 Å². The SMILES string of the molecule is Cc1ccc(S(=O)(=O)O[C@@H]2[C@@H](OS(=O)(=O)c3ccc(C)cc3)[C@@H](O)OC[C@H]2O)cc1. The Labute approximate surface area is 175 Å². The fourth-order valence-electron chi connectivity index (χ4n) is 2.80. The molecule has 0 spiro atoms. The quantitative estimate of drug-likeness (QED) is 0.604. The number of benzene rings is 2. The molecule has 9 nitrogen and oxygen atoms in total. The lowest BCUT2D eigenvalue weighted by atomic mass is 10.1. The second-order valence-corrected chi connectivity index (χ2v) is 10.1. The molecular formula is C19H22O9S2. The molecule has 1 heterocycles. The third-order valence-corrected chi connectivity index (χ3v) is 7.17. The molecule has 0 aromatic heterocycles. The van der Waals surface area contributed by atoms with Crippen molar-refractivity contribution in [2.75, 3.05) is 6.61 Å². The topological polar surface area (TPSA) is 136 Å². The summed E-state index contributed by atoms with van der Waals surface area (Å²) in [5.74, 6) is 0. The van der Waals surface area contributed by atoms with Gasteiger partial charge in [0.2, 0.25) is 0 Å². The van der Waals surface area contributed by atoms with E-state index >= 15 is 0 Å². The number of aliphatic hydroxyl groups is 2. The first kappa shape index (κ1) is 22.8. The Hall–Kier alpha value is -1.86. The van der Waals surface area contributed by atoms with Gasteiger partial charge in [-0.25, -0.2) is 0 Å². The summed E-state index contributed by atoms with van der Waals surface area (Å²) < 4.78 is 65.5. The van der Waals surface area contributed by atoms with Gasteiger partial charge in [-0.15, -0.1) is 0 Å². The van der Waals surface area contributed by atoms with Crippen LogP contribution < -0.4 is 0 Å². The van der Waals surface area contributed by atoms with E-state index in [1.807, 2.05) is 0 Å². The lowest BCUT2D eigenvalue weighted by Crippen LogP contribution is -2.56. The van der Waals surface area contributed by atoms with Crippen LogP contribution in [0.15, 0.2) is 58.3 Å². The van der Waals surface area contributed by atoms with Crippen molar-refractivity contribution < 1.29 is 40.2 Å². The van der Waals surface area contributed by atoms with Crippen LogP contribution in [0.5, 0.6) is 0 Å². The standard InChI is InChI=1S/C19H22O9S2/c1-12-3-7-14(8-4-12)29(22,23)27-17-16(20)11-26-19(21)18(17)28-30(24,25)15-9-5-13(2)6-10-15/h3-10,16-21H,11H2,1-2H3/t16-,17+,18-,19+/m1/s1. The highest BCUT2D eigenvalue weighted by molar-refractivity contribution is 7.87.